The Morgan fingerprint density at radius 1 is 0.935 bits per heavy atom. The Labute approximate surface area is 186 Å². The minimum Gasteiger partial charge on any atom is -0.497 e. The maximum Gasteiger partial charge on any atom is 0.135 e. The van der Waals surface area contributed by atoms with Crippen molar-refractivity contribution in [2.75, 3.05) is 33.2 Å². The molecule has 0 bridgehead atoms. The third-order valence-electron chi connectivity index (χ3n) is 7.39. The van der Waals surface area contributed by atoms with Crippen molar-refractivity contribution in [3.05, 3.63) is 71.5 Å². The highest BCUT2D eigenvalue weighted by atomic mass is 16.5. The van der Waals surface area contributed by atoms with Crippen LogP contribution in [0.15, 0.2) is 60.3 Å². The van der Waals surface area contributed by atoms with E-state index in [1.54, 1.807) is 14.2 Å². The quantitative estimate of drug-likeness (QED) is 0.797. The Hall–Kier alpha value is -2.72. The molecule has 4 heteroatoms. The summed E-state index contributed by atoms with van der Waals surface area (Å²) in [5.41, 5.74) is 6.50. The number of methoxy groups -OCH3 is 2. The molecule has 0 saturated carbocycles. The molecule has 4 nitrogen and oxygen atoms in total. The van der Waals surface area contributed by atoms with Gasteiger partial charge in [0, 0.05) is 35.5 Å². The molecule has 0 spiro atoms. The fourth-order valence-corrected chi connectivity index (χ4v) is 5.49. The molecule has 164 valence electrons. The van der Waals surface area contributed by atoms with Crippen LogP contribution in [-0.4, -0.2) is 34.4 Å². The summed E-state index contributed by atoms with van der Waals surface area (Å²) in [5.74, 6) is 1.83. The molecule has 2 aromatic carbocycles. The number of benzene rings is 2. The highest BCUT2D eigenvalue weighted by Gasteiger charge is 2.46. The van der Waals surface area contributed by atoms with Gasteiger partial charge in [-0.3, -0.25) is 4.90 Å². The van der Waals surface area contributed by atoms with E-state index in [0.717, 1.165) is 11.5 Å². The van der Waals surface area contributed by atoms with Crippen LogP contribution in [0.3, 0.4) is 0 Å². The van der Waals surface area contributed by atoms with Crippen molar-refractivity contribution in [2.45, 2.75) is 44.6 Å². The lowest BCUT2D eigenvalue weighted by atomic mass is 9.80. The van der Waals surface area contributed by atoms with Gasteiger partial charge < -0.3 is 14.4 Å². The van der Waals surface area contributed by atoms with Gasteiger partial charge >= 0.3 is 0 Å². The van der Waals surface area contributed by atoms with Gasteiger partial charge in [0.2, 0.25) is 0 Å². The first-order valence-corrected chi connectivity index (χ1v) is 11.0. The predicted octanol–water partition coefficient (Wildman–Crippen LogP) is 4.38. The summed E-state index contributed by atoms with van der Waals surface area (Å²) in [6, 6.07) is 13.2. The largest absolute Gasteiger partial charge is 0.497 e. The molecule has 0 aliphatic carbocycles. The van der Waals surface area contributed by atoms with Crippen LogP contribution >= 0.6 is 0 Å². The Bertz CT molecular complexity index is 1060. The van der Waals surface area contributed by atoms with Gasteiger partial charge in [-0.1, -0.05) is 19.9 Å². The number of nitrogens with zero attached hydrogens (tertiary/aromatic N) is 1. The standard InChI is InChI=1S/C27H34N2O2/c1-26(2)20-16-18(30-7)12-14-22(20)28(5)24(26)10-9-11-25-27(3,4)21-17-19(31-8)13-15-23(21)29(25)6/h9-17,24H,1-8H3/p+1. The summed E-state index contributed by atoms with van der Waals surface area (Å²) in [6.07, 6.45) is 6.89. The van der Waals surface area contributed by atoms with E-state index in [1.807, 2.05) is 6.07 Å². The molecule has 0 saturated heterocycles. The third kappa shape index (κ3) is 3.25. The van der Waals surface area contributed by atoms with Crippen LogP contribution in [0.25, 0.3) is 0 Å². The molecule has 2 unspecified atom stereocenters. The van der Waals surface area contributed by atoms with Gasteiger partial charge in [0.25, 0.3) is 0 Å². The molecule has 2 aromatic rings. The van der Waals surface area contributed by atoms with Gasteiger partial charge in [0.05, 0.1) is 26.7 Å². The van der Waals surface area contributed by atoms with Crippen molar-refractivity contribution in [3.8, 4) is 11.5 Å². The molecule has 0 radical (unpaired) electrons. The van der Waals surface area contributed by atoms with E-state index >= 15 is 0 Å². The molecule has 1 N–H and O–H groups in total. The fraction of sp³-hybridized carbons (Fsp3) is 0.407. The van der Waals surface area contributed by atoms with Crippen LogP contribution in [0.2, 0.25) is 0 Å². The Morgan fingerprint density at radius 3 is 2.19 bits per heavy atom. The zero-order valence-corrected chi connectivity index (χ0v) is 20.0. The molecule has 0 amide bonds. The molecule has 4 rings (SSSR count). The van der Waals surface area contributed by atoms with E-state index in [-0.39, 0.29) is 10.8 Å². The minimum atomic E-state index is -0.0801. The lowest BCUT2D eigenvalue weighted by Crippen LogP contribution is -3.07. The van der Waals surface area contributed by atoms with E-state index in [1.165, 1.54) is 33.1 Å². The van der Waals surface area contributed by atoms with Gasteiger partial charge in [-0.2, -0.15) is 0 Å². The second kappa shape index (κ2) is 7.45. The molecular weight excluding hydrogens is 384 g/mol. The van der Waals surface area contributed by atoms with Crippen LogP contribution in [0.4, 0.5) is 11.4 Å². The Balaban J connectivity index is 1.65. The minimum absolute atomic E-state index is 0.0242. The van der Waals surface area contributed by atoms with Gasteiger partial charge in [-0.25, -0.2) is 0 Å². The number of quaternary nitrogens is 1. The number of hydrogen-bond acceptors (Lipinski definition) is 3. The lowest BCUT2D eigenvalue weighted by molar-refractivity contribution is -0.828. The van der Waals surface area contributed by atoms with E-state index in [2.05, 4.69) is 95.3 Å². The van der Waals surface area contributed by atoms with Crippen LogP contribution < -0.4 is 19.3 Å². The zero-order valence-electron chi connectivity index (χ0n) is 20.0. The van der Waals surface area contributed by atoms with Crippen LogP contribution in [0.5, 0.6) is 11.5 Å². The van der Waals surface area contributed by atoms with Crippen LogP contribution in [-0.2, 0) is 10.8 Å². The number of nitrogens with one attached hydrogen (secondary N) is 1. The number of ether oxygens (including phenoxy) is 2. The summed E-state index contributed by atoms with van der Waals surface area (Å²) in [7, 11) is 7.87. The summed E-state index contributed by atoms with van der Waals surface area (Å²) < 4.78 is 11.0. The smallest absolute Gasteiger partial charge is 0.135 e. The summed E-state index contributed by atoms with van der Waals surface area (Å²) in [5, 5.41) is 0. The van der Waals surface area contributed by atoms with Crippen molar-refractivity contribution in [3.63, 3.8) is 0 Å². The molecule has 0 aromatic heterocycles. The van der Waals surface area contributed by atoms with Gasteiger partial charge in [0.15, 0.2) is 0 Å². The summed E-state index contributed by atoms with van der Waals surface area (Å²) >= 11 is 0. The Morgan fingerprint density at radius 2 is 1.55 bits per heavy atom. The second-order valence-electron chi connectivity index (χ2n) is 9.80. The third-order valence-corrected chi connectivity index (χ3v) is 7.39. The fourth-order valence-electron chi connectivity index (χ4n) is 5.49. The van der Waals surface area contributed by atoms with Gasteiger partial charge in [-0.15, -0.1) is 0 Å². The number of allylic oxidation sites excluding steroid dienone is 3. The summed E-state index contributed by atoms with van der Waals surface area (Å²) in [6.45, 7) is 9.23. The zero-order chi connectivity index (χ0) is 22.6. The molecular formula is C27H35N2O2+. The van der Waals surface area contributed by atoms with Crippen LogP contribution in [0.1, 0.15) is 38.8 Å². The van der Waals surface area contributed by atoms with Crippen molar-refractivity contribution in [1.82, 2.24) is 0 Å². The van der Waals surface area contributed by atoms with Gasteiger partial charge in [0.1, 0.15) is 23.2 Å². The van der Waals surface area contributed by atoms with Crippen molar-refractivity contribution in [2.24, 2.45) is 0 Å². The second-order valence-corrected chi connectivity index (χ2v) is 9.80. The van der Waals surface area contributed by atoms with Crippen molar-refractivity contribution >= 4 is 11.4 Å². The van der Waals surface area contributed by atoms with E-state index in [9.17, 15) is 0 Å². The Kier molecular flexibility index (Phi) is 5.17. The first-order chi connectivity index (χ1) is 14.6. The summed E-state index contributed by atoms with van der Waals surface area (Å²) in [4.78, 5) is 3.72. The maximum atomic E-state index is 5.48. The average Bonchev–Trinajstić information content (AvgIpc) is 3.06. The van der Waals surface area contributed by atoms with E-state index in [0.29, 0.717) is 6.04 Å². The van der Waals surface area contributed by atoms with Crippen LogP contribution in [0, 0.1) is 0 Å². The number of likely N-dealkylation sites (N-methyl/N-ethyl adjacent to an activating group) is 2. The SMILES string of the molecule is COc1ccc2c(c1)C(C)(C)C(=CC=CC1[NH+](C)c3ccc(OC)cc3C1(C)C)N2C. The number of fused-ring (bicyclic) bond motifs is 2. The molecule has 2 heterocycles. The van der Waals surface area contributed by atoms with Crippen molar-refractivity contribution < 1.29 is 14.4 Å². The normalized spacial score (nSPS) is 24.5. The first-order valence-electron chi connectivity index (χ1n) is 11.0. The average molecular weight is 420 g/mol. The lowest BCUT2D eigenvalue weighted by Gasteiger charge is -2.26. The monoisotopic (exact) mass is 419 g/mol. The molecule has 0 fully saturated rings. The topological polar surface area (TPSA) is 26.1 Å². The number of anilines is 1. The maximum absolute atomic E-state index is 5.48. The highest BCUT2D eigenvalue weighted by Crippen LogP contribution is 2.48. The molecule has 2 aliphatic heterocycles. The molecule has 2 aliphatic rings. The highest BCUT2D eigenvalue weighted by molar-refractivity contribution is 5.71. The molecule has 31 heavy (non-hydrogen) atoms. The number of hydrogen-bond donors (Lipinski definition) is 1. The van der Waals surface area contributed by atoms with E-state index in [4.69, 9.17) is 9.47 Å². The predicted molar refractivity (Wildman–Crippen MR) is 128 cm³/mol. The van der Waals surface area contributed by atoms with Crippen molar-refractivity contribution in [1.29, 1.82) is 0 Å². The van der Waals surface area contributed by atoms with E-state index < -0.39 is 0 Å². The molecule has 2 atom stereocenters. The van der Waals surface area contributed by atoms with Gasteiger partial charge in [-0.05, 0) is 61.9 Å². The first kappa shape index (κ1) is 21.5. The number of rotatable bonds is 4.